The fourth-order valence-electron chi connectivity index (χ4n) is 1.96. The van der Waals surface area contributed by atoms with Crippen LogP contribution in [0.2, 0.25) is 0 Å². The van der Waals surface area contributed by atoms with Gasteiger partial charge in [-0.05, 0) is 30.7 Å². The smallest absolute Gasteiger partial charge is 0.275 e. The Morgan fingerprint density at radius 3 is 2.80 bits per heavy atom. The van der Waals surface area contributed by atoms with Crippen LogP contribution in [0.4, 0.5) is 10.1 Å². The first-order chi connectivity index (χ1) is 9.63. The van der Waals surface area contributed by atoms with Crippen LogP contribution in [0.25, 0.3) is 5.65 Å². The molecule has 0 aliphatic carbocycles. The molecule has 1 N–H and O–H groups in total. The topological polar surface area (TPSA) is 46.4 Å². The quantitative estimate of drug-likeness (QED) is 0.777. The molecule has 0 unspecified atom stereocenters. The summed E-state index contributed by atoms with van der Waals surface area (Å²) >= 11 is 0. The number of hydrogen-bond donors (Lipinski definition) is 1. The third-order valence-electron chi connectivity index (χ3n) is 2.95. The van der Waals surface area contributed by atoms with Crippen LogP contribution in [-0.4, -0.2) is 15.3 Å². The largest absolute Gasteiger partial charge is 0.318 e. The monoisotopic (exact) mass is 269 g/mol. The Hall–Kier alpha value is -2.69. The van der Waals surface area contributed by atoms with E-state index in [0.717, 1.165) is 5.56 Å². The first-order valence-corrected chi connectivity index (χ1v) is 6.15. The molecule has 4 nitrogen and oxygen atoms in total. The molecular formula is C15H12FN3O. The van der Waals surface area contributed by atoms with Crippen molar-refractivity contribution in [2.75, 3.05) is 5.32 Å². The van der Waals surface area contributed by atoms with Gasteiger partial charge in [-0.2, -0.15) is 0 Å². The van der Waals surface area contributed by atoms with E-state index in [-0.39, 0.29) is 11.4 Å². The van der Waals surface area contributed by atoms with Crippen LogP contribution in [0.1, 0.15) is 16.1 Å². The molecule has 3 rings (SSSR count). The Labute approximate surface area is 114 Å². The maximum absolute atomic E-state index is 13.5. The number of carbonyl (C=O) groups is 1. The Kier molecular flexibility index (Phi) is 2.95. The number of nitrogens with zero attached hydrogens (tertiary/aromatic N) is 2. The summed E-state index contributed by atoms with van der Waals surface area (Å²) in [5.41, 5.74) is 2.13. The number of nitrogens with one attached hydrogen (secondary N) is 1. The normalized spacial score (nSPS) is 10.7. The second kappa shape index (κ2) is 4.77. The lowest BCUT2D eigenvalue weighted by atomic mass is 10.3. The van der Waals surface area contributed by atoms with Crippen LogP contribution in [0.5, 0.6) is 0 Å². The number of anilines is 1. The molecule has 0 atom stereocenters. The second-order valence-corrected chi connectivity index (χ2v) is 4.53. The minimum Gasteiger partial charge on any atom is -0.318 e. The number of benzene rings is 1. The minimum absolute atomic E-state index is 0.144. The van der Waals surface area contributed by atoms with E-state index in [1.165, 1.54) is 12.1 Å². The van der Waals surface area contributed by atoms with Crippen molar-refractivity contribution in [1.29, 1.82) is 0 Å². The summed E-state index contributed by atoms with van der Waals surface area (Å²) in [6, 6.07) is 9.77. The molecule has 0 aliphatic heterocycles. The number of rotatable bonds is 2. The maximum atomic E-state index is 13.5. The number of aryl methyl sites for hydroxylation is 1. The standard InChI is InChI=1S/C15H12FN3O/c1-10-6-7-14-17-13(9-19(14)8-10)15(20)18-12-5-3-2-4-11(12)16/h2-9H,1H3,(H,18,20). The van der Waals surface area contributed by atoms with Crippen molar-refractivity contribution in [1.82, 2.24) is 9.38 Å². The highest BCUT2D eigenvalue weighted by Crippen LogP contribution is 2.14. The molecule has 1 aromatic carbocycles. The lowest BCUT2D eigenvalue weighted by molar-refractivity contribution is 0.102. The van der Waals surface area contributed by atoms with Crippen molar-refractivity contribution in [3.63, 3.8) is 0 Å². The van der Waals surface area contributed by atoms with Gasteiger partial charge in [-0.1, -0.05) is 18.2 Å². The number of fused-ring (bicyclic) bond motifs is 1. The van der Waals surface area contributed by atoms with E-state index < -0.39 is 11.7 Å². The SMILES string of the molecule is Cc1ccc2nc(C(=O)Nc3ccccc3F)cn2c1. The molecule has 0 spiro atoms. The number of aromatic nitrogens is 2. The van der Waals surface area contributed by atoms with Crippen LogP contribution in [0, 0.1) is 12.7 Å². The van der Waals surface area contributed by atoms with Gasteiger partial charge >= 0.3 is 0 Å². The van der Waals surface area contributed by atoms with Gasteiger partial charge in [-0.15, -0.1) is 0 Å². The molecular weight excluding hydrogens is 257 g/mol. The van der Waals surface area contributed by atoms with Crippen LogP contribution >= 0.6 is 0 Å². The van der Waals surface area contributed by atoms with E-state index in [9.17, 15) is 9.18 Å². The van der Waals surface area contributed by atoms with E-state index in [1.807, 2.05) is 25.3 Å². The van der Waals surface area contributed by atoms with Crippen molar-refractivity contribution < 1.29 is 9.18 Å². The van der Waals surface area contributed by atoms with Crippen LogP contribution < -0.4 is 5.32 Å². The summed E-state index contributed by atoms with van der Waals surface area (Å²) in [4.78, 5) is 16.3. The lowest BCUT2D eigenvalue weighted by Gasteiger charge is -2.03. The number of amides is 1. The van der Waals surface area contributed by atoms with Gasteiger partial charge in [0.25, 0.3) is 5.91 Å². The number of halogens is 1. The molecule has 1 amide bonds. The van der Waals surface area contributed by atoms with Gasteiger partial charge in [-0.25, -0.2) is 9.37 Å². The van der Waals surface area contributed by atoms with Crippen molar-refractivity contribution in [3.05, 3.63) is 65.9 Å². The average Bonchev–Trinajstić information content (AvgIpc) is 2.84. The summed E-state index contributed by atoms with van der Waals surface area (Å²) in [6.45, 7) is 1.96. The molecule has 100 valence electrons. The van der Waals surface area contributed by atoms with Crippen LogP contribution in [0.15, 0.2) is 48.8 Å². The number of hydrogen-bond acceptors (Lipinski definition) is 2. The summed E-state index contributed by atoms with van der Waals surface area (Å²) in [5.74, 6) is -0.906. The molecule has 0 saturated carbocycles. The van der Waals surface area contributed by atoms with E-state index in [0.29, 0.717) is 5.65 Å². The van der Waals surface area contributed by atoms with Gasteiger partial charge in [0.2, 0.25) is 0 Å². The van der Waals surface area contributed by atoms with E-state index in [4.69, 9.17) is 0 Å². The van der Waals surface area contributed by atoms with Crippen molar-refractivity contribution in [2.24, 2.45) is 0 Å². The number of para-hydroxylation sites is 1. The summed E-state index contributed by atoms with van der Waals surface area (Å²) in [6.07, 6.45) is 3.50. The van der Waals surface area contributed by atoms with Gasteiger partial charge in [0.05, 0.1) is 5.69 Å². The van der Waals surface area contributed by atoms with Crippen LogP contribution in [-0.2, 0) is 0 Å². The Balaban J connectivity index is 1.91. The molecule has 0 radical (unpaired) electrons. The molecule has 0 aliphatic rings. The fraction of sp³-hybridized carbons (Fsp3) is 0.0667. The summed E-state index contributed by atoms with van der Waals surface area (Å²) in [5, 5.41) is 2.51. The number of carbonyl (C=O) groups excluding carboxylic acids is 1. The predicted molar refractivity (Wildman–Crippen MR) is 74.3 cm³/mol. The summed E-state index contributed by atoms with van der Waals surface area (Å²) in [7, 11) is 0. The minimum atomic E-state index is -0.472. The molecule has 0 saturated heterocycles. The van der Waals surface area contributed by atoms with Crippen molar-refractivity contribution >= 4 is 17.2 Å². The molecule has 2 heterocycles. The number of pyridine rings is 1. The first kappa shape index (κ1) is 12.3. The van der Waals surface area contributed by atoms with Crippen molar-refractivity contribution in [2.45, 2.75) is 6.92 Å². The fourth-order valence-corrected chi connectivity index (χ4v) is 1.96. The van der Waals surface area contributed by atoms with Gasteiger partial charge in [0.15, 0.2) is 0 Å². The molecule has 2 aromatic heterocycles. The van der Waals surface area contributed by atoms with E-state index in [1.54, 1.807) is 22.7 Å². The first-order valence-electron chi connectivity index (χ1n) is 6.15. The van der Waals surface area contributed by atoms with E-state index >= 15 is 0 Å². The zero-order chi connectivity index (χ0) is 14.1. The average molecular weight is 269 g/mol. The molecule has 20 heavy (non-hydrogen) atoms. The third kappa shape index (κ3) is 2.25. The maximum Gasteiger partial charge on any atom is 0.275 e. The molecule has 0 fully saturated rings. The third-order valence-corrected chi connectivity index (χ3v) is 2.95. The van der Waals surface area contributed by atoms with Gasteiger partial charge in [0.1, 0.15) is 17.2 Å². The molecule has 5 heteroatoms. The highest BCUT2D eigenvalue weighted by atomic mass is 19.1. The van der Waals surface area contributed by atoms with Crippen molar-refractivity contribution in [3.8, 4) is 0 Å². The zero-order valence-electron chi connectivity index (χ0n) is 10.8. The highest BCUT2D eigenvalue weighted by molar-refractivity contribution is 6.03. The molecule has 3 aromatic rings. The Morgan fingerprint density at radius 1 is 1.20 bits per heavy atom. The highest BCUT2D eigenvalue weighted by Gasteiger charge is 2.12. The predicted octanol–water partition coefficient (Wildman–Crippen LogP) is 3.03. The second-order valence-electron chi connectivity index (χ2n) is 4.53. The Morgan fingerprint density at radius 2 is 2.00 bits per heavy atom. The molecule has 0 bridgehead atoms. The van der Waals surface area contributed by atoms with E-state index in [2.05, 4.69) is 10.3 Å². The van der Waals surface area contributed by atoms with Gasteiger partial charge < -0.3 is 9.72 Å². The zero-order valence-corrected chi connectivity index (χ0v) is 10.8. The van der Waals surface area contributed by atoms with Gasteiger partial charge in [-0.3, -0.25) is 4.79 Å². The van der Waals surface area contributed by atoms with Crippen LogP contribution in [0.3, 0.4) is 0 Å². The van der Waals surface area contributed by atoms with Gasteiger partial charge in [0, 0.05) is 12.4 Å². The Bertz CT molecular complexity index is 795. The lowest BCUT2D eigenvalue weighted by Crippen LogP contribution is -2.13. The summed E-state index contributed by atoms with van der Waals surface area (Å²) < 4.78 is 15.3. The number of imidazole rings is 1.